The van der Waals surface area contributed by atoms with Gasteiger partial charge in [-0.3, -0.25) is 9.59 Å². The largest absolute Gasteiger partial charge is 0.497 e. The molecule has 2 amide bonds. The minimum atomic E-state index is -3.24. The Labute approximate surface area is 319 Å². The highest BCUT2D eigenvalue weighted by Crippen LogP contribution is 2.47. The number of carbonyl (C=O) groups excluding carboxylic acids is 2. The van der Waals surface area contributed by atoms with Crippen LogP contribution in [0.1, 0.15) is 52.0 Å². The Bertz CT molecular complexity index is 2110. The van der Waals surface area contributed by atoms with Crippen LogP contribution in [0, 0.1) is 0 Å². The van der Waals surface area contributed by atoms with Crippen molar-refractivity contribution in [3.63, 3.8) is 0 Å². The van der Waals surface area contributed by atoms with Crippen LogP contribution in [-0.2, 0) is 19.4 Å². The quantitative estimate of drug-likeness (QED) is 0.146. The molecule has 0 bridgehead atoms. The molecule has 0 saturated heterocycles. The van der Waals surface area contributed by atoms with E-state index in [-0.39, 0.29) is 36.3 Å². The molecule has 0 spiro atoms. The van der Waals surface area contributed by atoms with Crippen LogP contribution in [0.25, 0.3) is 11.0 Å². The Morgan fingerprint density at radius 1 is 0.909 bits per heavy atom. The third-order valence-electron chi connectivity index (χ3n) is 10.7. The third-order valence-corrected chi connectivity index (χ3v) is 15.7. The Balaban J connectivity index is 1.43. The van der Waals surface area contributed by atoms with Crippen molar-refractivity contribution in [1.29, 1.82) is 0 Å². The van der Waals surface area contributed by atoms with E-state index in [0.717, 1.165) is 15.1 Å². The summed E-state index contributed by atoms with van der Waals surface area (Å²) >= 11 is 0. The second-order valence-corrected chi connectivity index (χ2v) is 19.3. The molecule has 1 saturated carbocycles. The molecule has 2 aromatic heterocycles. The fourth-order valence-corrected chi connectivity index (χ4v) is 12.3. The lowest BCUT2D eigenvalue weighted by Crippen LogP contribution is -2.68. The van der Waals surface area contributed by atoms with Gasteiger partial charge in [0.25, 0.3) is 14.2 Å². The van der Waals surface area contributed by atoms with E-state index in [4.69, 9.17) is 9.16 Å². The maximum Gasteiger partial charge on any atom is 0.432 e. The molecular weight excluding hydrogens is 725 g/mol. The summed E-state index contributed by atoms with van der Waals surface area (Å²) < 4.78 is 42.8. The van der Waals surface area contributed by atoms with E-state index < -0.39 is 61.5 Å². The second kappa shape index (κ2) is 15.3. The van der Waals surface area contributed by atoms with E-state index in [9.17, 15) is 23.5 Å². The van der Waals surface area contributed by atoms with E-state index in [1.807, 2.05) is 60.7 Å². The number of hydrogen-bond acceptors (Lipinski definition) is 7. The van der Waals surface area contributed by atoms with E-state index in [1.165, 1.54) is 37.4 Å². The van der Waals surface area contributed by atoms with Crippen molar-refractivity contribution in [1.82, 2.24) is 19.7 Å². The maximum atomic E-state index is 15.0. The van der Waals surface area contributed by atoms with Gasteiger partial charge in [0.15, 0.2) is 0 Å². The monoisotopic (exact) mass is 769 g/mol. The van der Waals surface area contributed by atoms with Gasteiger partial charge in [-0.25, -0.2) is 18.6 Å². The van der Waals surface area contributed by atoms with Crippen molar-refractivity contribution in [2.75, 3.05) is 26.1 Å². The average Bonchev–Trinajstić information content (AvgIpc) is 3.60. The standard InChI is InChI=1S/C41H45F2N5O6Si/c1-39(2,3)55(30-12-8-6-9-13-30,31-14-10-7-11-15-31)54-27-34(36(49)46-35-21-20-33-32(45-35)26-44-48(33)38(51)52)47(4)37(50)40(22-24-41(42,43)25-23-40)28-16-18-29(53-5)19-17-28/h6-21,26,34H,22-25,27H2,1-5H3,(H,51,52)(H,45,46,49). The molecule has 11 nitrogen and oxygen atoms in total. The average molecular weight is 770 g/mol. The smallest absolute Gasteiger partial charge is 0.432 e. The third kappa shape index (κ3) is 7.61. The summed E-state index contributed by atoms with van der Waals surface area (Å²) in [4.78, 5) is 47.0. The summed E-state index contributed by atoms with van der Waals surface area (Å²) in [5.74, 6) is -3.41. The lowest BCUT2D eigenvalue weighted by molar-refractivity contribution is -0.147. The van der Waals surface area contributed by atoms with Crippen LogP contribution < -0.4 is 20.4 Å². The predicted molar refractivity (Wildman–Crippen MR) is 208 cm³/mol. The van der Waals surface area contributed by atoms with Gasteiger partial charge in [-0.2, -0.15) is 9.78 Å². The number of hydrogen-bond donors (Lipinski definition) is 2. The first-order valence-corrected chi connectivity index (χ1v) is 20.0. The molecule has 6 rings (SSSR count). The second-order valence-electron chi connectivity index (χ2n) is 15.0. The molecule has 14 heteroatoms. The van der Waals surface area contributed by atoms with Crippen molar-refractivity contribution in [2.24, 2.45) is 0 Å². The van der Waals surface area contributed by atoms with Gasteiger partial charge in [0.1, 0.15) is 23.1 Å². The molecule has 1 aliphatic carbocycles. The molecule has 0 aliphatic heterocycles. The summed E-state index contributed by atoms with van der Waals surface area (Å²) in [6, 6.07) is 28.2. The molecule has 2 N–H and O–H groups in total. The lowest BCUT2D eigenvalue weighted by Gasteiger charge is -2.45. The van der Waals surface area contributed by atoms with Gasteiger partial charge in [-0.05, 0) is 58.1 Å². The summed E-state index contributed by atoms with van der Waals surface area (Å²) in [7, 11) is -0.215. The van der Waals surface area contributed by atoms with Crippen LogP contribution in [-0.4, -0.2) is 83.7 Å². The van der Waals surface area contributed by atoms with Crippen LogP contribution >= 0.6 is 0 Å². The van der Waals surface area contributed by atoms with Crippen LogP contribution in [0.2, 0.25) is 5.04 Å². The first-order valence-electron chi connectivity index (χ1n) is 18.1. The Hall–Kier alpha value is -5.47. The van der Waals surface area contributed by atoms with Crippen molar-refractivity contribution in [3.8, 4) is 5.75 Å². The molecule has 0 radical (unpaired) electrons. The minimum Gasteiger partial charge on any atom is -0.497 e. The number of rotatable bonds is 11. The maximum absolute atomic E-state index is 15.0. The van der Waals surface area contributed by atoms with Gasteiger partial charge in [0.05, 0.1) is 30.8 Å². The van der Waals surface area contributed by atoms with Gasteiger partial charge in [-0.15, -0.1) is 0 Å². The first kappa shape index (κ1) is 39.2. The zero-order valence-corrected chi connectivity index (χ0v) is 32.5. The number of benzene rings is 3. The number of carbonyl (C=O) groups is 3. The van der Waals surface area contributed by atoms with Crippen LogP contribution in [0.3, 0.4) is 0 Å². The normalized spacial score (nSPS) is 15.9. The highest BCUT2D eigenvalue weighted by Gasteiger charge is 2.53. The molecule has 55 heavy (non-hydrogen) atoms. The van der Waals surface area contributed by atoms with Gasteiger partial charge in [0, 0.05) is 19.9 Å². The minimum absolute atomic E-state index is 0.0981. The number of anilines is 1. The van der Waals surface area contributed by atoms with Crippen LogP contribution in [0.5, 0.6) is 5.75 Å². The predicted octanol–water partition coefficient (Wildman–Crippen LogP) is 6.46. The molecule has 1 unspecified atom stereocenters. The Kier molecular flexibility index (Phi) is 10.9. The first-order chi connectivity index (χ1) is 26.1. The Morgan fingerprint density at radius 2 is 1.49 bits per heavy atom. The van der Waals surface area contributed by atoms with Crippen molar-refractivity contribution >= 4 is 53.4 Å². The van der Waals surface area contributed by atoms with Crippen LogP contribution in [0.15, 0.2) is 103 Å². The summed E-state index contributed by atoms with van der Waals surface area (Å²) in [5.41, 5.74) is -0.359. The van der Waals surface area contributed by atoms with Gasteiger partial charge in [0.2, 0.25) is 11.8 Å². The fourth-order valence-electron chi connectivity index (χ4n) is 7.73. The number of methoxy groups -OCH3 is 1. The SMILES string of the molecule is COc1ccc(C2(C(=O)N(C)C(CO[Si](c3ccccc3)(c3ccccc3)C(C)(C)C)C(=O)Nc3ccc4c(cnn4C(=O)O)n3)CCC(F)(F)CC2)cc1. The molecule has 5 aromatic rings. The van der Waals surface area contributed by atoms with Crippen molar-refractivity contribution in [2.45, 2.75) is 68.9 Å². The number of aromatic nitrogens is 3. The number of fused-ring (bicyclic) bond motifs is 1. The number of pyridine rings is 1. The van der Waals surface area contributed by atoms with E-state index in [2.05, 4.69) is 36.2 Å². The molecule has 1 fully saturated rings. The molecule has 2 heterocycles. The number of nitrogens with zero attached hydrogens (tertiary/aromatic N) is 4. The number of halogens is 2. The number of amides is 2. The number of carboxylic acid groups (broad SMARTS) is 1. The Morgan fingerprint density at radius 3 is 2.02 bits per heavy atom. The molecule has 1 aliphatic rings. The zero-order chi connectivity index (χ0) is 39.6. The molecular formula is C41H45F2N5O6Si. The van der Waals surface area contributed by atoms with E-state index in [1.54, 1.807) is 24.3 Å². The van der Waals surface area contributed by atoms with Gasteiger partial charge >= 0.3 is 6.09 Å². The van der Waals surface area contributed by atoms with Gasteiger partial charge in [-0.1, -0.05) is 93.6 Å². The molecule has 1 atom stereocenters. The summed E-state index contributed by atoms with van der Waals surface area (Å²) in [5, 5.41) is 17.6. The summed E-state index contributed by atoms with van der Waals surface area (Å²) in [6.07, 6.45) is -1.28. The topological polar surface area (TPSA) is 136 Å². The highest BCUT2D eigenvalue weighted by molar-refractivity contribution is 6.99. The van der Waals surface area contributed by atoms with E-state index >= 15 is 4.79 Å². The lowest BCUT2D eigenvalue weighted by atomic mass is 9.67. The summed E-state index contributed by atoms with van der Waals surface area (Å²) in [6.45, 7) is 6.05. The van der Waals surface area contributed by atoms with E-state index in [0.29, 0.717) is 11.3 Å². The van der Waals surface area contributed by atoms with Gasteiger partial charge < -0.3 is 24.5 Å². The highest BCUT2D eigenvalue weighted by atomic mass is 28.4. The van der Waals surface area contributed by atoms with Crippen molar-refractivity contribution in [3.05, 3.63) is 109 Å². The van der Waals surface area contributed by atoms with Crippen LogP contribution in [0.4, 0.5) is 19.4 Å². The number of ether oxygens (including phenoxy) is 1. The zero-order valence-electron chi connectivity index (χ0n) is 31.5. The number of nitrogens with one attached hydrogen (secondary N) is 1. The molecule has 288 valence electrons. The number of alkyl halides is 2. The van der Waals surface area contributed by atoms with Crippen molar-refractivity contribution < 1.29 is 37.4 Å². The molecule has 3 aromatic carbocycles. The fraction of sp³-hybridized carbons (Fsp3) is 0.341. The number of likely N-dealkylation sites (N-methyl/N-ethyl adjacent to an activating group) is 1.